The van der Waals surface area contributed by atoms with Gasteiger partial charge in [0.25, 0.3) is 0 Å². The first-order chi connectivity index (χ1) is 11.0. The third-order valence-corrected chi connectivity index (χ3v) is 4.52. The van der Waals surface area contributed by atoms with Crippen molar-refractivity contribution >= 4 is 28.5 Å². The molecular formula is C18H18ClNO3. The molecule has 0 spiro atoms. The van der Waals surface area contributed by atoms with Crippen LogP contribution in [0.5, 0.6) is 0 Å². The van der Waals surface area contributed by atoms with Crippen LogP contribution < -0.4 is 5.43 Å². The minimum atomic E-state index is -0.232. The third kappa shape index (κ3) is 2.91. The number of hydrogen-bond acceptors (Lipinski definition) is 3. The van der Waals surface area contributed by atoms with Crippen molar-refractivity contribution in [3.05, 3.63) is 56.4 Å². The topological polar surface area (TPSA) is 59.2 Å². The summed E-state index contributed by atoms with van der Waals surface area (Å²) in [5, 5.41) is 1.18. The zero-order chi connectivity index (χ0) is 16.6. The van der Waals surface area contributed by atoms with Crippen LogP contribution in [0.15, 0.2) is 34.6 Å². The highest BCUT2D eigenvalue weighted by Crippen LogP contribution is 2.37. The summed E-state index contributed by atoms with van der Waals surface area (Å²) in [6, 6.07) is 4.87. The second kappa shape index (κ2) is 6.20. The Morgan fingerprint density at radius 3 is 2.96 bits per heavy atom. The Hall–Kier alpha value is -2.07. The normalized spacial score (nSPS) is 16.8. The van der Waals surface area contributed by atoms with E-state index in [0.29, 0.717) is 23.4 Å². The molecule has 4 nitrogen and oxygen atoms in total. The summed E-state index contributed by atoms with van der Waals surface area (Å²) in [5.41, 5.74) is 3.66. The molecule has 2 aromatic rings. The Bertz CT molecular complexity index is 866. The molecule has 0 aliphatic heterocycles. The van der Waals surface area contributed by atoms with Crippen LogP contribution in [0.1, 0.15) is 37.4 Å². The average Bonchev–Trinajstić information content (AvgIpc) is 2.80. The average molecular weight is 332 g/mol. The first-order valence-electron chi connectivity index (χ1n) is 7.70. The fourth-order valence-electron chi connectivity index (χ4n) is 3.22. The molecule has 5 heteroatoms. The van der Waals surface area contributed by atoms with Crippen molar-refractivity contribution in [3.8, 4) is 0 Å². The zero-order valence-corrected chi connectivity index (χ0v) is 13.9. The summed E-state index contributed by atoms with van der Waals surface area (Å²) < 4.78 is 5.04. The summed E-state index contributed by atoms with van der Waals surface area (Å²) >= 11 is 6.07. The van der Waals surface area contributed by atoms with Crippen LogP contribution in [0.25, 0.3) is 10.9 Å². The molecule has 0 amide bonds. The Morgan fingerprint density at radius 1 is 1.43 bits per heavy atom. The lowest BCUT2D eigenvalue weighted by Crippen LogP contribution is -2.14. The molecule has 1 aliphatic carbocycles. The summed E-state index contributed by atoms with van der Waals surface area (Å²) in [7, 11) is 0. The number of carbonyl (C=O) groups is 1. The third-order valence-electron chi connectivity index (χ3n) is 4.28. The highest BCUT2D eigenvalue weighted by Gasteiger charge is 2.26. The number of hydrogen-bond donors (Lipinski definition) is 1. The number of carbonyl (C=O) groups excluding carboxylic acids is 1. The number of allylic oxidation sites excluding steroid dienone is 1. The molecule has 23 heavy (non-hydrogen) atoms. The van der Waals surface area contributed by atoms with Gasteiger partial charge in [0.15, 0.2) is 5.43 Å². The van der Waals surface area contributed by atoms with E-state index in [1.165, 1.54) is 6.07 Å². The maximum Gasteiger partial charge on any atom is 0.309 e. The first-order valence-corrected chi connectivity index (χ1v) is 8.08. The van der Waals surface area contributed by atoms with Crippen LogP contribution in [0.3, 0.4) is 0 Å². The van der Waals surface area contributed by atoms with Gasteiger partial charge in [0.1, 0.15) is 0 Å². The summed E-state index contributed by atoms with van der Waals surface area (Å²) in [4.78, 5) is 27.5. The van der Waals surface area contributed by atoms with Crippen molar-refractivity contribution in [1.82, 2.24) is 4.98 Å². The Labute approximate surface area is 139 Å². The smallest absolute Gasteiger partial charge is 0.309 e. The SMILES string of the molecule is CCOC(=O)CC1=CCc2[nH]c3cc(Cl)ccc(=O)c3c2C1C. The van der Waals surface area contributed by atoms with Gasteiger partial charge < -0.3 is 9.72 Å². The van der Waals surface area contributed by atoms with Gasteiger partial charge in [-0.15, -0.1) is 0 Å². The van der Waals surface area contributed by atoms with Crippen molar-refractivity contribution in [1.29, 1.82) is 0 Å². The molecule has 0 saturated carbocycles. The monoisotopic (exact) mass is 331 g/mol. The lowest BCUT2D eigenvalue weighted by molar-refractivity contribution is -0.142. The van der Waals surface area contributed by atoms with Gasteiger partial charge in [-0.25, -0.2) is 0 Å². The molecule has 0 saturated heterocycles. The van der Waals surface area contributed by atoms with Crippen LogP contribution in [-0.4, -0.2) is 17.6 Å². The molecule has 1 aromatic carbocycles. The molecule has 120 valence electrons. The molecule has 1 N–H and O–H groups in total. The fourth-order valence-corrected chi connectivity index (χ4v) is 3.40. The van der Waals surface area contributed by atoms with Crippen molar-refractivity contribution < 1.29 is 9.53 Å². The van der Waals surface area contributed by atoms with Gasteiger partial charge in [-0.2, -0.15) is 0 Å². The van der Waals surface area contributed by atoms with Crippen molar-refractivity contribution in [2.45, 2.75) is 32.6 Å². The van der Waals surface area contributed by atoms with E-state index >= 15 is 0 Å². The number of esters is 1. The second-order valence-electron chi connectivity index (χ2n) is 5.72. The van der Waals surface area contributed by atoms with Gasteiger partial charge in [0.2, 0.25) is 0 Å². The standard InChI is InChI=1S/C18H18ClNO3/c1-3-23-16(22)8-11-4-6-13-17(10(11)2)18-14(20-13)9-12(19)5-7-15(18)21/h4-5,7,9-10,20H,3,6,8H2,1-2H3. The molecule has 0 bridgehead atoms. The number of aromatic amines is 1. The first kappa shape index (κ1) is 15.8. The van der Waals surface area contributed by atoms with Gasteiger partial charge in [0.05, 0.1) is 23.9 Å². The molecule has 1 unspecified atom stereocenters. The predicted octanol–water partition coefficient (Wildman–Crippen LogP) is 3.72. The number of fused-ring (bicyclic) bond motifs is 3. The minimum absolute atomic E-state index is 0.00854. The van der Waals surface area contributed by atoms with E-state index in [2.05, 4.69) is 4.98 Å². The number of nitrogens with one attached hydrogen (secondary N) is 1. The molecular weight excluding hydrogens is 314 g/mol. The van der Waals surface area contributed by atoms with Crippen LogP contribution in [0, 0.1) is 0 Å². The fraction of sp³-hybridized carbons (Fsp3) is 0.333. The second-order valence-corrected chi connectivity index (χ2v) is 6.16. The highest BCUT2D eigenvalue weighted by molar-refractivity contribution is 6.31. The quantitative estimate of drug-likeness (QED) is 0.688. The van der Waals surface area contributed by atoms with Crippen LogP contribution in [0.4, 0.5) is 0 Å². The van der Waals surface area contributed by atoms with Crippen molar-refractivity contribution in [3.63, 3.8) is 0 Å². The summed E-state index contributed by atoms with van der Waals surface area (Å²) in [6.07, 6.45) is 2.98. The molecule has 1 atom stereocenters. The van der Waals surface area contributed by atoms with E-state index in [1.807, 2.05) is 13.0 Å². The Balaban J connectivity index is 2.07. The van der Waals surface area contributed by atoms with Gasteiger partial charge >= 0.3 is 5.97 Å². The number of rotatable bonds is 3. The van der Waals surface area contributed by atoms with Gasteiger partial charge in [-0.05, 0) is 30.7 Å². The molecule has 0 fully saturated rings. The van der Waals surface area contributed by atoms with Gasteiger partial charge in [-0.1, -0.05) is 30.2 Å². The van der Waals surface area contributed by atoms with E-state index < -0.39 is 0 Å². The molecule has 1 heterocycles. The number of H-pyrrole nitrogens is 1. The number of aromatic nitrogens is 1. The molecule has 1 aromatic heterocycles. The minimum Gasteiger partial charge on any atom is -0.466 e. The lowest BCUT2D eigenvalue weighted by Gasteiger charge is -2.21. The maximum absolute atomic E-state index is 12.5. The van der Waals surface area contributed by atoms with E-state index in [-0.39, 0.29) is 23.7 Å². The number of halogens is 1. The summed E-state index contributed by atoms with van der Waals surface area (Å²) in [5.74, 6) is -0.240. The van der Waals surface area contributed by atoms with Crippen molar-refractivity contribution in [2.24, 2.45) is 0 Å². The zero-order valence-electron chi connectivity index (χ0n) is 13.1. The lowest BCUT2D eigenvalue weighted by atomic mass is 9.84. The number of ether oxygens (including phenoxy) is 1. The Morgan fingerprint density at radius 2 is 2.22 bits per heavy atom. The molecule has 0 radical (unpaired) electrons. The Kier molecular flexibility index (Phi) is 4.26. The van der Waals surface area contributed by atoms with Crippen LogP contribution in [0.2, 0.25) is 5.02 Å². The summed E-state index contributed by atoms with van der Waals surface area (Å²) in [6.45, 7) is 4.18. The van der Waals surface area contributed by atoms with E-state index in [1.54, 1.807) is 19.1 Å². The molecule has 3 rings (SSSR count). The molecule has 1 aliphatic rings. The van der Waals surface area contributed by atoms with E-state index in [4.69, 9.17) is 16.3 Å². The van der Waals surface area contributed by atoms with Gasteiger partial charge in [-0.3, -0.25) is 9.59 Å². The van der Waals surface area contributed by atoms with Crippen molar-refractivity contribution in [2.75, 3.05) is 6.61 Å². The maximum atomic E-state index is 12.5. The highest BCUT2D eigenvalue weighted by atomic mass is 35.5. The van der Waals surface area contributed by atoms with E-state index in [0.717, 1.165) is 22.3 Å². The van der Waals surface area contributed by atoms with Crippen LogP contribution in [-0.2, 0) is 16.0 Å². The predicted molar refractivity (Wildman–Crippen MR) is 91.0 cm³/mol. The van der Waals surface area contributed by atoms with E-state index in [9.17, 15) is 9.59 Å². The largest absolute Gasteiger partial charge is 0.466 e. The van der Waals surface area contributed by atoms with Gasteiger partial charge in [0, 0.05) is 23.1 Å². The van der Waals surface area contributed by atoms with Crippen LogP contribution >= 0.6 is 11.6 Å².